The van der Waals surface area contributed by atoms with Crippen molar-refractivity contribution in [3.8, 4) is 17.2 Å². The van der Waals surface area contributed by atoms with Crippen LogP contribution in [0.4, 0.5) is 8.78 Å². The Bertz CT molecular complexity index is 1320. The molecule has 3 aromatic carbocycles. The van der Waals surface area contributed by atoms with Crippen molar-refractivity contribution in [2.24, 2.45) is 0 Å². The van der Waals surface area contributed by atoms with Crippen molar-refractivity contribution >= 4 is 12.0 Å². The molecule has 186 valence electrons. The third-order valence-corrected chi connectivity index (χ3v) is 5.37. The average molecular weight is 491 g/mol. The molecule has 0 radical (unpaired) electrons. The van der Waals surface area contributed by atoms with Gasteiger partial charge in [-0.25, -0.2) is 13.6 Å². The smallest absolute Gasteiger partial charge is 0.129 e. The van der Waals surface area contributed by atoms with E-state index in [4.69, 9.17) is 14.2 Å². The molecule has 0 spiro atoms. The second kappa shape index (κ2) is 12.5. The Morgan fingerprint density at radius 3 is 2.44 bits per heavy atom. The molecule has 0 unspecified atom stereocenters. The lowest BCUT2D eigenvalue weighted by Crippen LogP contribution is -2.05. The van der Waals surface area contributed by atoms with Crippen LogP contribution in [0.1, 0.15) is 29.2 Å². The topological polar surface area (TPSA) is 44.8 Å². The first kappa shape index (κ1) is 26.5. The summed E-state index contributed by atoms with van der Waals surface area (Å²) in [5, 5.41) is 0. The summed E-state index contributed by atoms with van der Waals surface area (Å²) in [4.78, 5) is 10.8. The van der Waals surface area contributed by atoms with E-state index >= 15 is 0 Å². The molecule has 6 heteroatoms. The number of hydrogen-bond donors (Lipinski definition) is 0. The first-order valence-corrected chi connectivity index (χ1v) is 11.4. The molecule has 3 aromatic rings. The summed E-state index contributed by atoms with van der Waals surface area (Å²) in [7, 11) is 0. The van der Waals surface area contributed by atoms with E-state index in [0.717, 1.165) is 17.2 Å². The number of hydrogen-bond acceptors (Lipinski definition) is 4. The van der Waals surface area contributed by atoms with Crippen molar-refractivity contribution in [1.29, 1.82) is 0 Å². The van der Waals surface area contributed by atoms with Crippen LogP contribution in [-0.2, 0) is 11.4 Å². The minimum Gasteiger partial charge on any atom is -0.489 e. The monoisotopic (exact) mass is 490 g/mol. The number of aryl methyl sites for hydroxylation is 1. The first-order chi connectivity index (χ1) is 17.3. The van der Waals surface area contributed by atoms with Crippen LogP contribution in [0.3, 0.4) is 0 Å². The largest absolute Gasteiger partial charge is 0.489 e. The quantitative estimate of drug-likeness (QED) is 0.215. The lowest BCUT2D eigenvalue weighted by molar-refractivity contribution is 0.285. The standard InChI is InChI=1S/C30H28F2O4/c1-20(11-12-24-13-26(31)14-29(32)23(24)4)17-34-27-9-6-10-28(15-27)35-19-25-8-5-7-22(3)30(25)36-18-21(2)16-33/h5-15H,1,17-19H2,2-4H3/b12-11-. The number of halogens is 2. The summed E-state index contributed by atoms with van der Waals surface area (Å²) in [6, 6.07) is 15.1. The van der Waals surface area contributed by atoms with E-state index in [1.165, 1.54) is 6.07 Å². The van der Waals surface area contributed by atoms with Crippen molar-refractivity contribution in [3.05, 3.63) is 112 Å². The van der Waals surface area contributed by atoms with Gasteiger partial charge in [-0.2, -0.15) is 0 Å². The van der Waals surface area contributed by atoms with Crippen molar-refractivity contribution in [3.63, 3.8) is 0 Å². The van der Waals surface area contributed by atoms with Crippen LogP contribution in [0.5, 0.6) is 17.2 Å². The van der Waals surface area contributed by atoms with Gasteiger partial charge in [0.1, 0.15) is 54.6 Å². The summed E-state index contributed by atoms with van der Waals surface area (Å²) < 4.78 is 44.8. The highest BCUT2D eigenvalue weighted by molar-refractivity contribution is 5.56. The van der Waals surface area contributed by atoms with Gasteiger partial charge < -0.3 is 14.2 Å². The van der Waals surface area contributed by atoms with Gasteiger partial charge in [-0.05, 0) is 61.2 Å². The highest BCUT2D eigenvalue weighted by Crippen LogP contribution is 2.27. The molecule has 0 aliphatic carbocycles. The fourth-order valence-corrected chi connectivity index (χ4v) is 3.33. The molecule has 0 aromatic heterocycles. The van der Waals surface area contributed by atoms with E-state index in [-0.39, 0.29) is 19.8 Å². The summed E-state index contributed by atoms with van der Waals surface area (Å²) in [6.07, 6.45) is 3.28. The fraction of sp³-hybridized carbons (Fsp3) is 0.200. The van der Waals surface area contributed by atoms with Gasteiger partial charge in [0.15, 0.2) is 0 Å². The molecule has 0 bridgehead atoms. The highest BCUT2D eigenvalue weighted by Gasteiger charge is 2.09. The maximum Gasteiger partial charge on any atom is 0.129 e. The van der Waals surface area contributed by atoms with E-state index in [2.05, 4.69) is 6.58 Å². The summed E-state index contributed by atoms with van der Waals surface area (Å²) in [5.41, 5.74) is 3.71. The van der Waals surface area contributed by atoms with Crippen molar-refractivity contribution < 1.29 is 27.8 Å². The molecule has 0 amide bonds. The van der Waals surface area contributed by atoms with Crippen LogP contribution in [-0.4, -0.2) is 19.2 Å². The molecule has 3 rings (SSSR count). The van der Waals surface area contributed by atoms with Gasteiger partial charge in [0.05, 0.1) is 0 Å². The number of rotatable bonds is 11. The Kier molecular flexibility index (Phi) is 9.20. The number of para-hydroxylation sites is 1. The van der Waals surface area contributed by atoms with Gasteiger partial charge in [0, 0.05) is 23.3 Å². The summed E-state index contributed by atoms with van der Waals surface area (Å²) in [6.45, 7) is 9.75. The molecule has 0 saturated heterocycles. The molecule has 0 fully saturated rings. The molecule has 0 N–H and O–H groups in total. The molecule has 0 saturated carbocycles. The lowest BCUT2D eigenvalue weighted by atomic mass is 10.1. The Morgan fingerprint density at radius 1 is 0.972 bits per heavy atom. The number of carbonyl (C=O) groups excluding carboxylic acids is 1. The predicted molar refractivity (Wildman–Crippen MR) is 137 cm³/mol. The van der Waals surface area contributed by atoms with E-state index in [1.807, 2.05) is 43.2 Å². The third-order valence-electron chi connectivity index (χ3n) is 5.37. The Balaban J connectivity index is 1.59. The Morgan fingerprint density at radius 2 is 1.69 bits per heavy atom. The first-order valence-electron chi connectivity index (χ1n) is 11.4. The van der Waals surface area contributed by atoms with Gasteiger partial charge in [-0.3, -0.25) is 0 Å². The molecule has 0 aliphatic heterocycles. The van der Waals surface area contributed by atoms with E-state index < -0.39 is 11.6 Å². The van der Waals surface area contributed by atoms with Gasteiger partial charge >= 0.3 is 0 Å². The molecule has 36 heavy (non-hydrogen) atoms. The Hall–Kier alpha value is -4.15. The maximum atomic E-state index is 13.7. The van der Waals surface area contributed by atoms with Crippen LogP contribution >= 0.6 is 0 Å². The predicted octanol–water partition coefficient (Wildman–Crippen LogP) is 6.97. The summed E-state index contributed by atoms with van der Waals surface area (Å²) >= 11 is 0. The van der Waals surface area contributed by atoms with Crippen LogP contribution in [0.15, 0.2) is 78.4 Å². The van der Waals surface area contributed by atoms with E-state index in [0.29, 0.717) is 39.5 Å². The van der Waals surface area contributed by atoms with Gasteiger partial charge in [-0.1, -0.05) is 43.0 Å². The molecule has 4 nitrogen and oxygen atoms in total. The maximum absolute atomic E-state index is 13.7. The highest BCUT2D eigenvalue weighted by atomic mass is 19.1. The third kappa shape index (κ3) is 7.42. The zero-order chi connectivity index (χ0) is 26.1. The zero-order valence-electron chi connectivity index (χ0n) is 20.6. The minimum absolute atomic E-state index is 0.163. The van der Waals surface area contributed by atoms with Crippen LogP contribution < -0.4 is 14.2 Å². The summed E-state index contributed by atoms with van der Waals surface area (Å²) in [5.74, 6) is 2.48. The lowest BCUT2D eigenvalue weighted by Gasteiger charge is -2.15. The second-order valence-corrected chi connectivity index (χ2v) is 8.38. The van der Waals surface area contributed by atoms with Gasteiger partial charge in [0.25, 0.3) is 0 Å². The minimum atomic E-state index is -0.631. The van der Waals surface area contributed by atoms with Crippen LogP contribution in [0.2, 0.25) is 0 Å². The molecular formula is C30H28F2O4. The molecule has 0 heterocycles. The normalized spacial score (nSPS) is 10.7. The van der Waals surface area contributed by atoms with E-state index in [9.17, 15) is 13.6 Å². The van der Waals surface area contributed by atoms with Crippen molar-refractivity contribution in [2.75, 3.05) is 13.2 Å². The SMILES string of the molecule is C=C(/C=C\c1cc(F)cc(F)c1C)COc1cccc(OCc2cccc(C)c2OCC(C)=C=O)c1. The average Bonchev–Trinajstić information content (AvgIpc) is 2.86. The van der Waals surface area contributed by atoms with Crippen LogP contribution in [0, 0.1) is 25.5 Å². The van der Waals surface area contributed by atoms with Crippen molar-refractivity contribution in [1.82, 2.24) is 0 Å². The van der Waals surface area contributed by atoms with Gasteiger partial charge in [-0.15, -0.1) is 0 Å². The second-order valence-electron chi connectivity index (χ2n) is 8.38. The fourth-order valence-electron chi connectivity index (χ4n) is 3.33. The molecule has 0 aliphatic rings. The van der Waals surface area contributed by atoms with Gasteiger partial charge in [0.2, 0.25) is 0 Å². The number of benzene rings is 3. The van der Waals surface area contributed by atoms with Crippen molar-refractivity contribution in [2.45, 2.75) is 27.4 Å². The van der Waals surface area contributed by atoms with E-state index in [1.54, 1.807) is 38.1 Å². The zero-order valence-corrected chi connectivity index (χ0v) is 20.6. The Labute approximate surface area is 210 Å². The van der Waals surface area contributed by atoms with Crippen LogP contribution in [0.25, 0.3) is 6.08 Å². The molecule has 0 atom stereocenters. The molecular weight excluding hydrogens is 462 g/mol. The number of ether oxygens (including phenoxy) is 3.